The number of hydrogen-bond acceptors (Lipinski definition) is 4. The molecule has 4 nitrogen and oxygen atoms in total. The average Bonchev–Trinajstić information content (AvgIpc) is 2.61. The van der Waals surface area contributed by atoms with E-state index in [9.17, 15) is 13.2 Å². The standard InChI is InChI=1S/C17H15F3N4/c18-17(19,20)16-23-10-14(13-3-1-2-11(8-13)9-21)15(24-16)12-4-6-22-7-5-12/h1-3,8,10,12,22H,4-7H2. The van der Waals surface area contributed by atoms with Crippen molar-refractivity contribution in [3.8, 4) is 17.2 Å². The number of rotatable bonds is 2. The lowest BCUT2D eigenvalue weighted by Crippen LogP contribution is -2.28. The van der Waals surface area contributed by atoms with Crippen LogP contribution in [-0.4, -0.2) is 23.1 Å². The number of aromatic nitrogens is 2. The Labute approximate surface area is 137 Å². The molecule has 0 saturated carbocycles. The number of piperidine rings is 1. The number of nitrogens with one attached hydrogen (secondary N) is 1. The zero-order chi connectivity index (χ0) is 17.2. The van der Waals surface area contributed by atoms with Crippen molar-refractivity contribution >= 4 is 0 Å². The first-order valence-corrected chi connectivity index (χ1v) is 7.64. The Morgan fingerprint density at radius 3 is 2.62 bits per heavy atom. The van der Waals surface area contributed by atoms with Crippen molar-refractivity contribution in [1.29, 1.82) is 5.26 Å². The molecule has 0 unspecified atom stereocenters. The summed E-state index contributed by atoms with van der Waals surface area (Å²) < 4.78 is 39.0. The third-order valence-corrected chi connectivity index (χ3v) is 4.10. The fraction of sp³-hybridized carbons (Fsp3) is 0.353. The van der Waals surface area contributed by atoms with Crippen LogP contribution in [0.2, 0.25) is 0 Å². The smallest absolute Gasteiger partial charge is 0.317 e. The molecule has 0 atom stereocenters. The van der Waals surface area contributed by atoms with Crippen molar-refractivity contribution in [1.82, 2.24) is 15.3 Å². The van der Waals surface area contributed by atoms with Gasteiger partial charge in [-0.05, 0) is 43.6 Å². The lowest BCUT2D eigenvalue weighted by atomic mass is 9.89. The molecule has 1 saturated heterocycles. The van der Waals surface area contributed by atoms with Gasteiger partial charge in [-0.2, -0.15) is 18.4 Å². The summed E-state index contributed by atoms with van der Waals surface area (Å²) in [6.45, 7) is 1.49. The van der Waals surface area contributed by atoms with Crippen molar-refractivity contribution < 1.29 is 13.2 Å². The Balaban J connectivity index is 2.12. The SMILES string of the molecule is N#Cc1cccc(-c2cnc(C(F)(F)F)nc2C2CCNCC2)c1. The molecular formula is C17H15F3N4. The first-order chi connectivity index (χ1) is 11.5. The van der Waals surface area contributed by atoms with Gasteiger partial charge < -0.3 is 5.32 Å². The quantitative estimate of drug-likeness (QED) is 0.914. The van der Waals surface area contributed by atoms with E-state index in [4.69, 9.17) is 5.26 Å². The number of nitriles is 1. The summed E-state index contributed by atoms with van der Waals surface area (Å²) in [5.74, 6) is -1.17. The normalized spacial score (nSPS) is 15.9. The second-order valence-electron chi connectivity index (χ2n) is 5.71. The van der Waals surface area contributed by atoms with Gasteiger partial charge in [0.2, 0.25) is 5.82 Å². The third-order valence-electron chi connectivity index (χ3n) is 4.10. The molecule has 3 rings (SSSR count). The summed E-state index contributed by atoms with van der Waals surface area (Å²) in [6, 6.07) is 8.81. The van der Waals surface area contributed by atoms with E-state index in [0.29, 0.717) is 22.4 Å². The van der Waals surface area contributed by atoms with Gasteiger partial charge in [-0.15, -0.1) is 0 Å². The Morgan fingerprint density at radius 2 is 1.96 bits per heavy atom. The second-order valence-corrected chi connectivity index (χ2v) is 5.71. The fourth-order valence-electron chi connectivity index (χ4n) is 2.92. The van der Waals surface area contributed by atoms with E-state index in [0.717, 1.165) is 25.9 Å². The van der Waals surface area contributed by atoms with Crippen LogP contribution in [0.3, 0.4) is 0 Å². The molecular weight excluding hydrogens is 317 g/mol. The maximum Gasteiger partial charge on any atom is 0.451 e. The molecule has 1 aromatic heterocycles. The first kappa shape index (κ1) is 16.4. The van der Waals surface area contributed by atoms with Crippen LogP contribution in [0, 0.1) is 11.3 Å². The third kappa shape index (κ3) is 3.39. The lowest BCUT2D eigenvalue weighted by Gasteiger charge is -2.24. The molecule has 0 radical (unpaired) electrons. The van der Waals surface area contributed by atoms with E-state index < -0.39 is 12.0 Å². The Morgan fingerprint density at radius 1 is 1.21 bits per heavy atom. The largest absolute Gasteiger partial charge is 0.451 e. The lowest BCUT2D eigenvalue weighted by molar-refractivity contribution is -0.145. The molecule has 1 fully saturated rings. The van der Waals surface area contributed by atoms with Crippen LogP contribution in [0.4, 0.5) is 13.2 Å². The van der Waals surface area contributed by atoms with Gasteiger partial charge in [-0.25, -0.2) is 9.97 Å². The molecule has 1 aliphatic rings. The van der Waals surface area contributed by atoms with E-state index in [1.54, 1.807) is 24.3 Å². The van der Waals surface area contributed by atoms with Crippen LogP contribution >= 0.6 is 0 Å². The Bertz CT molecular complexity index is 774. The highest BCUT2D eigenvalue weighted by atomic mass is 19.4. The second kappa shape index (κ2) is 6.57. The summed E-state index contributed by atoms with van der Waals surface area (Å²) in [4.78, 5) is 7.36. The monoisotopic (exact) mass is 332 g/mol. The number of nitrogens with zero attached hydrogens (tertiary/aromatic N) is 3. The van der Waals surface area contributed by atoms with E-state index in [1.165, 1.54) is 6.20 Å². The zero-order valence-electron chi connectivity index (χ0n) is 12.8. The minimum absolute atomic E-state index is 0.0592. The molecule has 1 aliphatic heterocycles. The van der Waals surface area contributed by atoms with Gasteiger partial charge in [-0.3, -0.25) is 0 Å². The summed E-state index contributed by atoms with van der Waals surface area (Å²) in [6.07, 6.45) is -1.91. The van der Waals surface area contributed by atoms with Crippen LogP contribution < -0.4 is 5.32 Å². The molecule has 2 aromatic rings. The highest BCUT2D eigenvalue weighted by molar-refractivity contribution is 5.67. The van der Waals surface area contributed by atoms with Gasteiger partial charge in [0.25, 0.3) is 0 Å². The van der Waals surface area contributed by atoms with Gasteiger partial charge in [0, 0.05) is 17.7 Å². The molecule has 0 amide bonds. The maximum absolute atomic E-state index is 13.0. The van der Waals surface area contributed by atoms with Gasteiger partial charge in [0.1, 0.15) is 0 Å². The van der Waals surface area contributed by atoms with E-state index in [2.05, 4.69) is 15.3 Å². The maximum atomic E-state index is 13.0. The predicted molar refractivity (Wildman–Crippen MR) is 82.0 cm³/mol. The van der Waals surface area contributed by atoms with Crippen LogP contribution in [0.25, 0.3) is 11.1 Å². The molecule has 2 heterocycles. The molecule has 7 heteroatoms. The summed E-state index contributed by atoms with van der Waals surface area (Å²) in [7, 11) is 0. The Kier molecular flexibility index (Phi) is 4.49. The van der Waals surface area contributed by atoms with Crippen LogP contribution in [0.15, 0.2) is 30.5 Å². The molecule has 0 aliphatic carbocycles. The van der Waals surface area contributed by atoms with E-state index in [1.807, 2.05) is 6.07 Å². The Hall–Kier alpha value is -2.46. The van der Waals surface area contributed by atoms with Gasteiger partial charge in [0.15, 0.2) is 0 Å². The van der Waals surface area contributed by atoms with Crippen molar-refractivity contribution in [3.63, 3.8) is 0 Å². The number of benzene rings is 1. The van der Waals surface area contributed by atoms with Crippen molar-refractivity contribution in [3.05, 3.63) is 47.5 Å². The summed E-state index contributed by atoms with van der Waals surface area (Å²) in [5, 5.41) is 12.2. The van der Waals surface area contributed by atoms with E-state index >= 15 is 0 Å². The first-order valence-electron chi connectivity index (χ1n) is 7.64. The summed E-state index contributed by atoms with van der Waals surface area (Å²) >= 11 is 0. The molecule has 1 aromatic carbocycles. The number of halogens is 3. The van der Waals surface area contributed by atoms with Gasteiger partial charge >= 0.3 is 6.18 Å². The predicted octanol–water partition coefficient (Wildman–Crippen LogP) is 3.50. The van der Waals surface area contributed by atoms with Gasteiger partial charge in [0.05, 0.1) is 17.3 Å². The molecule has 24 heavy (non-hydrogen) atoms. The van der Waals surface area contributed by atoms with Gasteiger partial charge in [-0.1, -0.05) is 12.1 Å². The van der Waals surface area contributed by atoms with Crippen molar-refractivity contribution in [2.75, 3.05) is 13.1 Å². The van der Waals surface area contributed by atoms with Crippen molar-refractivity contribution in [2.45, 2.75) is 24.9 Å². The van der Waals surface area contributed by atoms with E-state index in [-0.39, 0.29) is 5.92 Å². The molecule has 0 bridgehead atoms. The average molecular weight is 332 g/mol. The zero-order valence-corrected chi connectivity index (χ0v) is 12.8. The molecule has 124 valence electrons. The highest BCUT2D eigenvalue weighted by Gasteiger charge is 2.36. The highest BCUT2D eigenvalue weighted by Crippen LogP contribution is 2.35. The van der Waals surface area contributed by atoms with Crippen LogP contribution in [-0.2, 0) is 6.18 Å². The summed E-state index contributed by atoms with van der Waals surface area (Å²) in [5.41, 5.74) is 2.08. The molecule has 0 spiro atoms. The van der Waals surface area contributed by atoms with Crippen LogP contribution in [0.5, 0.6) is 0 Å². The molecule has 1 N–H and O–H groups in total. The minimum atomic E-state index is -4.57. The van der Waals surface area contributed by atoms with Crippen LogP contribution in [0.1, 0.15) is 35.8 Å². The topological polar surface area (TPSA) is 61.6 Å². The fourth-order valence-corrected chi connectivity index (χ4v) is 2.92. The number of hydrogen-bond donors (Lipinski definition) is 1. The number of alkyl halides is 3. The minimum Gasteiger partial charge on any atom is -0.317 e. The van der Waals surface area contributed by atoms with Crippen molar-refractivity contribution in [2.24, 2.45) is 0 Å².